The third-order valence-electron chi connectivity index (χ3n) is 4.38. The zero-order valence-electron chi connectivity index (χ0n) is 14.1. The van der Waals surface area contributed by atoms with Crippen LogP contribution in [0, 0.1) is 0 Å². The van der Waals surface area contributed by atoms with Crippen LogP contribution in [-0.4, -0.2) is 32.8 Å². The van der Waals surface area contributed by atoms with Crippen LogP contribution < -0.4 is 0 Å². The second kappa shape index (κ2) is 6.19. The van der Waals surface area contributed by atoms with Crippen molar-refractivity contribution in [2.24, 2.45) is 0 Å². The molecular weight excluding hydrogens is 373 g/mol. The lowest BCUT2D eigenvalue weighted by molar-refractivity contribution is -0.0884. The number of carboxylic acid groups (broad SMARTS) is 1. The van der Waals surface area contributed by atoms with E-state index in [1.165, 1.54) is 4.68 Å². The molecule has 1 N–H and O–H groups in total. The van der Waals surface area contributed by atoms with Crippen LogP contribution in [0.1, 0.15) is 20.7 Å². The number of alkyl halides is 3. The Labute approximate surface area is 156 Å². The third kappa shape index (κ3) is 2.70. The molecule has 0 saturated carbocycles. The predicted octanol–water partition coefficient (Wildman–Crippen LogP) is 4.57. The largest absolute Gasteiger partial charge is 0.478 e. The van der Waals surface area contributed by atoms with E-state index in [9.17, 15) is 27.9 Å². The summed E-state index contributed by atoms with van der Waals surface area (Å²) >= 11 is 0. The Bertz CT molecular complexity index is 1200. The molecule has 0 radical (unpaired) electrons. The van der Waals surface area contributed by atoms with Gasteiger partial charge in [0.05, 0.1) is 28.0 Å². The highest BCUT2D eigenvalue weighted by Crippen LogP contribution is 2.41. The van der Waals surface area contributed by atoms with Crippen molar-refractivity contribution in [1.82, 2.24) is 9.78 Å². The minimum Gasteiger partial charge on any atom is -0.478 e. The number of benzene rings is 2. The fourth-order valence-electron chi connectivity index (χ4n) is 3.22. The summed E-state index contributed by atoms with van der Waals surface area (Å²) in [4.78, 5) is 23.8. The predicted molar refractivity (Wildman–Crippen MR) is 95.0 cm³/mol. The number of aromatic carboxylic acids is 1. The zero-order valence-corrected chi connectivity index (χ0v) is 14.1. The number of carbonyl (C=O) groups is 2. The minimum absolute atomic E-state index is 0.0366. The molecule has 0 spiro atoms. The molecular formula is C20H11F3N2O3. The molecule has 4 rings (SSSR count). The Morgan fingerprint density at radius 3 is 2.21 bits per heavy atom. The first-order chi connectivity index (χ1) is 13.3. The van der Waals surface area contributed by atoms with Gasteiger partial charge < -0.3 is 5.11 Å². The van der Waals surface area contributed by atoms with Gasteiger partial charge in [0.2, 0.25) is 0 Å². The van der Waals surface area contributed by atoms with Crippen molar-refractivity contribution in [1.29, 1.82) is 0 Å². The second-order valence-electron chi connectivity index (χ2n) is 6.09. The summed E-state index contributed by atoms with van der Waals surface area (Å²) in [5.74, 6) is -3.55. The van der Waals surface area contributed by atoms with E-state index in [1.807, 2.05) is 0 Å². The lowest BCUT2D eigenvalue weighted by atomic mass is 10.0. The molecule has 1 aliphatic carbocycles. The summed E-state index contributed by atoms with van der Waals surface area (Å²) in [6, 6.07) is 15.5. The maximum absolute atomic E-state index is 13.2. The van der Waals surface area contributed by atoms with Gasteiger partial charge in [0.1, 0.15) is 0 Å². The molecule has 0 amide bonds. The summed E-state index contributed by atoms with van der Waals surface area (Å²) in [5, 5.41) is 14.3. The van der Waals surface area contributed by atoms with Gasteiger partial charge in [0, 0.05) is 10.9 Å². The second-order valence-corrected chi connectivity index (χ2v) is 6.09. The van der Waals surface area contributed by atoms with Crippen molar-refractivity contribution in [3.63, 3.8) is 0 Å². The van der Waals surface area contributed by atoms with Gasteiger partial charge in [-0.2, -0.15) is 18.3 Å². The van der Waals surface area contributed by atoms with Crippen LogP contribution in [0.2, 0.25) is 0 Å². The minimum atomic E-state index is -5.16. The third-order valence-corrected chi connectivity index (χ3v) is 4.38. The van der Waals surface area contributed by atoms with Crippen molar-refractivity contribution >= 4 is 22.7 Å². The van der Waals surface area contributed by atoms with E-state index in [1.54, 1.807) is 54.6 Å². The highest BCUT2D eigenvalue weighted by atomic mass is 19.4. The number of para-hydroxylation sites is 1. The molecule has 0 unspecified atom stereocenters. The highest BCUT2D eigenvalue weighted by Gasteiger charge is 2.43. The van der Waals surface area contributed by atoms with Crippen molar-refractivity contribution in [2.45, 2.75) is 6.18 Å². The Balaban J connectivity index is 2.20. The Kier molecular flexibility index (Phi) is 3.92. The normalized spacial score (nSPS) is 11.8. The van der Waals surface area contributed by atoms with Gasteiger partial charge in [-0.3, -0.25) is 4.79 Å². The quantitative estimate of drug-likeness (QED) is 0.525. The van der Waals surface area contributed by atoms with E-state index in [4.69, 9.17) is 0 Å². The molecule has 2 aromatic rings. The molecule has 2 aromatic carbocycles. The summed E-state index contributed by atoms with van der Waals surface area (Å²) in [7, 11) is 0. The fourth-order valence-corrected chi connectivity index (χ4v) is 3.22. The topological polar surface area (TPSA) is 72.2 Å². The SMILES string of the molecule is O=C(O)c1cc(C(=O)C(F)(F)F)c2n(-c3ccccc3)nc3ccccc3c1-2. The van der Waals surface area contributed by atoms with Crippen molar-refractivity contribution in [3.8, 4) is 16.9 Å². The number of halogens is 3. The van der Waals surface area contributed by atoms with Gasteiger partial charge in [0.15, 0.2) is 0 Å². The first-order valence-electron chi connectivity index (χ1n) is 8.14. The van der Waals surface area contributed by atoms with E-state index in [-0.39, 0.29) is 16.8 Å². The van der Waals surface area contributed by atoms with E-state index in [0.717, 1.165) is 6.07 Å². The molecule has 8 heteroatoms. The van der Waals surface area contributed by atoms with Gasteiger partial charge in [-0.1, -0.05) is 36.4 Å². The number of rotatable bonds is 3. The molecule has 0 saturated heterocycles. The smallest absolute Gasteiger partial charge is 0.454 e. The van der Waals surface area contributed by atoms with Crippen LogP contribution in [0.5, 0.6) is 0 Å². The summed E-state index contributed by atoms with van der Waals surface area (Å²) < 4.78 is 40.8. The van der Waals surface area contributed by atoms with Crippen LogP contribution in [-0.2, 0) is 0 Å². The van der Waals surface area contributed by atoms with Crippen LogP contribution in [0.4, 0.5) is 13.2 Å². The number of nitrogens with zero attached hydrogens (tertiary/aromatic N) is 2. The van der Waals surface area contributed by atoms with E-state index in [0.29, 0.717) is 16.6 Å². The molecule has 0 atom stereocenters. The number of carboxylic acids is 1. The number of aromatic nitrogens is 2. The number of hydrogen-bond donors (Lipinski definition) is 1. The van der Waals surface area contributed by atoms with E-state index in [2.05, 4.69) is 5.10 Å². The van der Waals surface area contributed by atoms with Crippen molar-refractivity contribution in [2.75, 3.05) is 0 Å². The van der Waals surface area contributed by atoms with Crippen molar-refractivity contribution in [3.05, 3.63) is 71.8 Å². The van der Waals surface area contributed by atoms with Gasteiger partial charge in [-0.15, -0.1) is 0 Å². The monoisotopic (exact) mass is 384 g/mol. The number of ketones is 1. The Morgan fingerprint density at radius 1 is 0.929 bits per heavy atom. The molecule has 0 bridgehead atoms. The summed E-state index contributed by atoms with van der Waals surface area (Å²) in [6.45, 7) is 0. The van der Waals surface area contributed by atoms with Gasteiger partial charge >= 0.3 is 12.1 Å². The number of fused-ring (bicyclic) bond motifs is 3. The zero-order chi connectivity index (χ0) is 20.1. The van der Waals surface area contributed by atoms with Crippen LogP contribution in [0.25, 0.3) is 27.8 Å². The molecule has 140 valence electrons. The maximum Gasteiger partial charge on any atom is 0.454 e. The number of hydrogen-bond acceptors (Lipinski definition) is 3. The highest BCUT2D eigenvalue weighted by molar-refractivity contribution is 6.16. The number of Topliss-reactive ketones (excluding diaryl/α,β-unsaturated/α-hetero) is 1. The van der Waals surface area contributed by atoms with Crippen molar-refractivity contribution < 1.29 is 27.9 Å². The van der Waals surface area contributed by atoms with Gasteiger partial charge in [-0.25, -0.2) is 9.48 Å². The van der Waals surface area contributed by atoms with Crippen LogP contribution in [0.3, 0.4) is 0 Å². The number of carbonyl (C=O) groups excluding carboxylic acids is 1. The average molecular weight is 384 g/mol. The summed E-state index contributed by atoms with van der Waals surface area (Å²) in [5.41, 5.74) is -0.498. The first-order valence-corrected chi connectivity index (χ1v) is 8.14. The standard InChI is InChI=1S/C20H11F3N2O3/c21-20(22,23)18(26)14-10-13(19(27)28)16-12-8-4-5-9-15(12)24-25(17(14)16)11-6-2-1-3-7-11/h1-10H,(H,27,28). The maximum atomic E-state index is 13.2. The lowest BCUT2D eigenvalue weighted by Crippen LogP contribution is -2.23. The molecule has 28 heavy (non-hydrogen) atoms. The fraction of sp³-hybridized carbons (Fsp3) is 0.0500. The van der Waals surface area contributed by atoms with Gasteiger partial charge in [-0.05, 0) is 24.3 Å². The first kappa shape index (κ1) is 17.7. The van der Waals surface area contributed by atoms with Crippen LogP contribution in [0.15, 0.2) is 60.7 Å². The summed E-state index contributed by atoms with van der Waals surface area (Å²) in [6.07, 6.45) is -5.16. The Hall–Kier alpha value is -3.68. The molecule has 0 fully saturated rings. The van der Waals surface area contributed by atoms with E-state index < -0.39 is 23.5 Å². The lowest BCUT2D eigenvalue weighted by Gasteiger charge is -2.17. The van der Waals surface area contributed by atoms with E-state index >= 15 is 0 Å². The molecule has 2 aliphatic rings. The van der Waals surface area contributed by atoms with Gasteiger partial charge in [0.25, 0.3) is 5.78 Å². The molecule has 1 heterocycles. The molecule has 0 aromatic heterocycles. The molecule has 5 nitrogen and oxygen atoms in total. The average Bonchev–Trinajstić information content (AvgIpc) is 3.08. The van der Waals surface area contributed by atoms with Crippen LogP contribution >= 0.6 is 0 Å². The molecule has 1 aliphatic heterocycles. The Morgan fingerprint density at radius 2 is 1.57 bits per heavy atom.